The van der Waals surface area contributed by atoms with Crippen LogP contribution in [-0.2, 0) is 9.59 Å². The second-order valence-electron chi connectivity index (χ2n) is 9.09. The number of benzene rings is 1. The molecule has 1 aliphatic heterocycles. The van der Waals surface area contributed by atoms with Crippen LogP contribution in [0, 0.1) is 6.92 Å². The number of nitrogens with one attached hydrogen (secondary N) is 2. The van der Waals surface area contributed by atoms with Crippen LogP contribution in [-0.4, -0.2) is 80.9 Å². The molecular formula is C25H34ClN5O3S. The third kappa shape index (κ3) is 7.68. The van der Waals surface area contributed by atoms with Crippen LogP contribution in [0.15, 0.2) is 30.3 Å². The Labute approximate surface area is 216 Å². The number of hydrogen-bond donors (Lipinski definition) is 2. The van der Waals surface area contributed by atoms with E-state index >= 15 is 0 Å². The van der Waals surface area contributed by atoms with E-state index in [1.807, 2.05) is 25.1 Å². The average Bonchev–Trinajstić information content (AvgIpc) is 3.13. The highest BCUT2D eigenvalue weighted by Crippen LogP contribution is 2.25. The molecule has 2 heterocycles. The molecule has 2 aromatic rings. The predicted octanol–water partition coefficient (Wildman–Crippen LogP) is 3.46. The number of nitrogens with zero attached hydrogens (tertiary/aromatic N) is 3. The van der Waals surface area contributed by atoms with Crippen LogP contribution in [0.5, 0.6) is 0 Å². The molecule has 1 aliphatic rings. The van der Waals surface area contributed by atoms with Crippen molar-refractivity contribution in [2.75, 3.05) is 57.5 Å². The number of amides is 3. The molecule has 190 valence electrons. The van der Waals surface area contributed by atoms with Gasteiger partial charge in [-0.3, -0.25) is 14.4 Å². The topological polar surface area (TPSA) is 85.0 Å². The Morgan fingerprint density at radius 2 is 1.89 bits per heavy atom. The summed E-state index contributed by atoms with van der Waals surface area (Å²) in [6, 6.07) is 8.26. The largest absolute Gasteiger partial charge is 0.370 e. The highest BCUT2D eigenvalue weighted by atomic mass is 35.5. The maximum absolute atomic E-state index is 13.2. The molecule has 10 heteroatoms. The quantitative estimate of drug-likeness (QED) is 0.558. The number of hydrogen-bond acceptors (Lipinski definition) is 6. The number of carbonyl (C=O) groups excluding carboxylic acids is 3. The first-order chi connectivity index (χ1) is 16.6. The summed E-state index contributed by atoms with van der Waals surface area (Å²) in [5.74, 6) is -0.868. The fourth-order valence-corrected chi connectivity index (χ4v) is 4.98. The number of aryl methyl sites for hydroxylation is 1. The van der Waals surface area contributed by atoms with Gasteiger partial charge in [-0.2, -0.15) is 0 Å². The number of halogens is 1. The molecule has 1 aromatic heterocycles. The second-order valence-corrected chi connectivity index (χ2v) is 10.8. The van der Waals surface area contributed by atoms with Crippen LogP contribution in [0.2, 0.25) is 4.34 Å². The molecule has 0 saturated carbocycles. The van der Waals surface area contributed by atoms with Crippen LogP contribution in [0.4, 0.5) is 11.4 Å². The lowest BCUT2D eigenvalue weighted by Gasteiger charge is -2.25. The Balaban J connectivity index is 1.70. The van der Waals surface area contributed by atoms with Crippen LogP contribution >= 0.6 is 22.9 Å². The van der Waals surface area contributed by atoms with Crippen LogP contribution in [0.3, 0.4) is 0 Å². The van der Waals surface area contributed by atoms with E-state index < -0.39 is 11.9 Å². The first-order valence-electron chi connectivity index (χ1n) is 11.8. The van der Waals surface area contributed by atoms with Gasteiger partial charge in [0, 0.05) is 51.5 Å². The Morgan fingerprint density at radius 3 is 2.54 bits per heavy atom. The van der Waals surface area contributed by atoms with Crippen molar-refractivity contribution in [1.29, 1.82) is 0 Å². The summed E-state index contributed by atoms with van der Waals surface area (Å²) in [5, 5.41) is 5.69. The van der Waals surface area contributed by atoms with Gasteiger partial charge in [0.15, 0.2) is 0 Å². The maximum Gasteiger partial charge on any atom is 0.262 e. The van der Waals surface area contributed by atoms with E-state index in [2.05, 4.69) is 27.5 Å². The minimum absolute atomic E-state index is 0.112. The van der Waals surface area contributed by atoms with Crippen molar-refractivity contribution < 1.29 is 14.4 Å². The zero-order chi connectivity index (χ0) is 25.5. The average molecular weight is 520 g/mol. The predicted molar refractivity (Wildman–Crippen MR) is 143 cm³/mol. The van der Waals surface area contributed by atoms with Crippen molar-refractivity contribution in [2.24, 2.45) is 0 Å². The summed E-state index contributed by atoms with van der Waals surface area (Å²) >= 11 is 7.09. The molecule has 0 aliphatic carbocycles. The lowest BCUT2D eigenvalue weighted by atomic mass is 10.1. The first-order valence-corrected chi connectivity index (χ1v) is 12.9. The highest BCUT2D eigenvalue weighted by Gasteiger charge is 2.24. The molecule has 0 radical (unpaired) electrons. The molecule has 0 bridgehead atoms. The Kier molecular flexibility index (Phi) is 9.54. The summed E-state index contributed by atoms with van der Waals surface area (Å²) in [6.07, 6.45) is 1.43. The van der Waals surface area contributed by atoms with E-state index in [4.69, 9.17) is 11.6 Å². The molecular weight excluding hydrogens is 486 g/mol. The lowest BCUT2D eigenvalue weighted by molar-refractivity contribution is -0.129. The number of rotatable bonds is 8. The molecule has 1 unspecified atom stereocenters. The molecule has 8 nitrogen and oxygen atoms in total. The summed E-state index contributed by atoms with van der Waals surface area (Å²) < 4.78 is 0.491. The normalized spacial score (nSPS) is 15.3. The van der Waals surface area contributed by atoms with Crippen molar-refractivity contribution in [2.45, 2.75) is 32.2 Å². The molecule has 1 aromatic carbocycles. The van der Waals surface area contributed by atoms with Crippen molar-refractivity contribution in [1.82, 2.24) is 15.1 Å². The lowest BCUT2D eigenvalue weighted by Crippen LogP contribution is -2.44. The highest BCUT2D eigenvalue weighted by molar-refractivity contribution is 7.18. The van der Waals surface area contributed by atoms with Gasteiger partial charge >= 0.3 is 0 Å². The zero-order valence-electron chi connectivity index (χ0n) is 20.8. The fourth-order valence-electron chi connectivity index (χ4n) is 4.03. The molecule has 3 amide bonds. The van der Waals surface area contributed by atoms with Gasteiger partial charge in [-0.1, -0.05) is 11.6 Å². The standard InChI is InChI=1S/C25H34ClN5O3S/c1-17-16-18(6-8-20(17)31-13-5-12-30(4)14-15-31)27-24(33)19(7-11-23(32)29(2)3)28-25(34)21-9-10-22(26)35-21/h6,8-10,16,19H,5,7,11-15H2,1-4H3,(H,27,33)(H,28,34). The van der Waals surface area contributed by atoms with Crippen molar-refractivity contribution in [3.05, 3.63) is 45.1 Å². The third-order valence-corrected chi connectivity index (χ3v) is 7.32. The van der Waals surface area contributed by atoms with Gasteiger partial charge in [0.05, 0.1) is 9.21 Å². The molecule has 1 fully saturated rings. The Hall–Kier alpha value is -2.62. The van der Waals surface area contributed by atoms with E-state index in [-0.39, 0.29) is 24.7 Å². The van der Waals surface area contributed by atoms with Gasteiger partial charge in [-0.05, 0) is 69.3 Å². The zero-order valence-corrected chi connectivity index (χ0v) is 22.3. The van der Waals surface area contributed by atoms with Crippen LogP contribution < -0.4 is 15.5 Å². The summed E-state index contributed by atoms with van der Waals surface area (Å²) in [5.41, 5.74) is 2.89. The van der Waals surface area contributed by atoms with E-state index in [1.165, 1.54) is 4.90 Å². The summed E-state index contributed by atoms with van der Waals surface area (Å²) in [4.78, 5) is 44.6. The van der Waals surface area contributed by atoms with Gasteiger partial charge in [-0.15, -0.1) is 11.3 Å². The minimum Gasteiger partial charge on any atom is -0.370 e. The number of thiophene rings is 1. The molecule has 2 N–H and O–H groups in total. The molecule has 0 spiro atoms. The van der Waals surface area contributed by atoms with Gasteiger partial charge < -0.3 is 25.3 Å². The van der Waals surface area contributed by atoms with Crippen molar-refractivity contribution >= 4 is 52.0 Å². The second kappa shape index (κ2) is 12.4. The first kappa shape index (κ1) is 27.0. The number of likely N-dealkylation sites (N-methyl/N-ethyl adjacent to an activating group) is 1. The van der Waals surface area contributed by atoms with Crippen LogP contribution in [0.1, 0.15) is 34.5 Å². The maximum atomic E-state index is 13.2. The van der Waals surface area contributed by atoms with E-state index in [0.29, 0.717) is 14.9 Å². The minimum atomic E-state index is -0.867. The van der Waals surface area contributed by atoms with Crippen molar-refractivity contribution in [3.8, 4) is 0 Å². The van der Waals surface area contributed by atoms with Crippen molar-refractivity contribution in [3.63, 3.8) is 0 Å². The monoisotopic (exact) mass is 519 g/mol. The third-order valence-electron chi connectivity index (χ3n) is 6.09. The SMILES string of the molecule is Cc1cc(NC(=O)C(CCC(=O)N(C)C)NC(=O)c2ccc(Cl)s2)ccc1N1CCCN(C)CC1. The fraction of sp³-hybridized carbons (Fsp3) is 0.480. The molecule has 1 saturated heterocycles. The van der Waals surface area contributed by atoms with E-state index in [0.717, 1.165) is 55.2 Å². The number of carbonyl (C=O) groups is 3. The molecule has 35 heavy (non-hydrogen) atoms. The van der Waals surface area contributed by atoms with Gasteiger partial charge in [0.2, 0.25) is 11.8 Å². The van der Waals surface area contributed by atoms with Gasteiger partial charge in [0.1, 0.15) is 6.04 Å². The Bertz CT molecular complexity index is 1060. The van der Waals surface area contributed by atoms with E-state index in [9.17, 15) is 14.4 Å². The molecule has 1 atom stereocenters. The smallest absolute Gasteiger partial charge is 0.262 e. The Morgan fingerprint density at radius 1 is 1.11 bits per heavy atom. The van der Waals surface area contributed by atoms with Gasteiger partial charge in [-0.25, -0.2) is 0 Å². The molecule has 3 rings (SSSR count). The summed E-state index contributed by atoms with van der Waals surface area (Å²) in [6.45, 7) is 6.10. The van der Waals surface area contributed by atoms with Crippen LogP contribution in [0.25, 0.3) is 0 Å². The van der Waals surface area contributed by atoms with E-state index in [1.54, 1.807) is 26.2 Å². The number of anilines is 2. The summed E-state index contributed by atoms with van der Waals surface area (Å²) in [7, 11) is 5.47. The van der Waals surface area contributed by atoms with Gasteiger partial charge in [0.25, 0.3) is 5.91 Å².